The van der Waals surface area contributed by atoms with Crippen molar-refractivity contribution in [3.05, 3.63) is 70.2 Å². The molecule has 3 N–H and O–H groups in total. The quantitative estimate of drug-likeness (QED) is 0.263. The second-order valence-electron chi connectivity index (χ2n) is 10.6. The average molecular weight is 542 g/mol. The van der Waals surface area contributed by atoms with Gasteiger partial charge in [0.2, 0.25) is 5.91 Å². The molecular formula is C31H44ClN3O3. The SMILES string of the molecule is CNCC(CC1CCCCC1)NC(=O)c1cccc([C@](CCCCOC)(NC(C)=O)c2cccc(Cl)c2)c1. The summed E-state index contributed by atoms with van der Waals surface area (Å²) < 4.78 is 5.26. The number of ether oxygens (including phenoxy) is 1. The lowest BCUT2D eigenvalue weighted by molar-refractivity contribution is -0.120. The zero-order chi connectivity index (χ0) is 27.4. The van der Waals surface area contributed by atoms with Gasteiger partial charge in [0.15, 0.2) is 0 Å². The van der Waals surface area contributed by atoms with E-state index in [1.807, 2.05) is 55.6 Å². The van der Waals surface area contributed by atoms with Crippen LogP contribution in [0.4, 0.5) is 0 Å². The Labute approximate surface area is 233 Å². The molecule has 7 heteroatoms. The smallest absolute Gasteiger partial charge is 0.251 e. The highest BCUT2D eigenvalue weighted by atomic mass is 35.5. The lowest BCUT2D eigenvalue weighted by atomic mass is 9.78. The van der Waals surface area contributed by atoms with Crippen molar-refractivity contribution in [2.75, 3.05) is 27.3 Å². The van der Waals surface area contributed by atoms with Crippen LogP contribution in [-0.4, -0.2) is 45.2 Å². The minimum atomic E-state index is -0.826. The molecule has 0 spiro atoms. The van der Waals surface area contributed by atoms with Crippen molar-refractivity contribution >= 4 is 23.4 Å². The van der Waals surface area contributed by atoms with E-state index in [0.717, 1.165) is 36.9 Å². The van der Waals surface area contributed by atoms with Crippen LogP contribution in [-0.2, 0) is 15.1 Å². The van der Waals surface area contributed by atoms with E-state index in [9.17, 15) is 9.59 Å². The molecule has 3 rings (SSSR count). The summed E-state index contributed by atoms with van der Waals surface area (Å²) in [5, 5.41) is 10.4. The predicted molar refractivity (Wildman–Crippen MR) is 155 cm³/mol. The van der Waals surface area contributed by atoms with Crippen LogP contribution < -0.4 is 16.0 Å². The lowest BCUT2D eigenvalue weighted by Crippen LogP contribution is -2.46. The number of methoxy groups -OCH3 is 1. The number of amides is 2. The Hall–Kier alpha value is -2.41. The molecule has 0 aromatic heterocycles. The fourth-order valence-electron chi connectivity index (χ4n) is 5.81. The van der Waals surface area contributed by atoms with Gasteiger partial charge in [-0.05, 0) is 74.0 Å². The number of rotatable bonds is 14. The summed E-state index contributed by atoms with van der Waals surface area (Å²) in [6.45, 7) is 2.90. The molecule has 2 amide bonds. The number of likely N-dealkylation sites (N-methyl/N-ethyl adjacent to an activating group) is 1. The fourth-order valence-corrected chi connectivity index (χ4v) is 6.00. The highest BCUT2D eigenvalue weighted by Crippen LogP contribution is 2.36. The van der Waals surface area contributed by atoms with Crippen LogP contribution in [0.15, 0.2) is 48.5 Å². The van der Waals surface area contributed by atoms with Gasteiger partial charge in [-0.1, -0.05) is 68.0 Å². The summed E-state index contributed by atoms with van der Waals surface area (Å²) in [5.41, 5.74) is 1.51. The summed E-state index contributed by atoms with van der Waals surface area (Å²) in [6, 6.07) is 15.3. The normalized spacial score (nSPS) is 16.4. The second kappa shape index (κ2) is 15.2. The first-order valence-corrected chi connectivity index (χ1v) is 14.4. The van der Waals surface area contributed by atoms with E-state index in [2.05, 4.69) is 16.0 Å². The minimum Gasteiger partial charge on any atom is -0.385 e. The standard InChI is InChI=1S/C31H44ClN3O3/c1-23(36)35-31(17-7-8-18-38-3,27-15-10-16-28(32)21-27)26-14-9-13-25(20-26)30(37)34-29(22-33-2)19-24-11-5-4-6-12-24/h9-10,13-16,20-21,24,29,33H,4-8,11-12,17-19,22H2,1-3H3,(H,34,37)(H,35,36)/t29?,31-/m0/s1. The van der Waals surface area contributed by atoms with Crippen LogP contribution in [0.2, 0.25) is 5.02 Å². The maximum absolute atomic E-state index is 13.5. The van der Waals surface area contributed by atoms with E-state index in [0.29, 0.717) is 29.5 Å². The number of carbonyl (C=O) groups excluding carboxylic acids is 2. The molecule has 1 saturated carbocycles. The van der Waals surface area contributed by atoms with Gasteiger partial charge in [0.05, 0.1) is 5.54 Å². The van der Waals surface area contributed by atoms with Crippen LogP contribution in [0.25, 0.3) is 0 Å². The van der Waals surface area contributed by atoms with Crippen molar-refractivity contribution in [3.8, 4) is 0 Å². The first-order chi connectivity index (χ1) is 18.4. The van der Waals surface area contributed by atoms with Gasteiger partial charge in [-0.15, -0.1) is 0 Å². The summed E-state index contributed by atoms with van der Waals surface area (Å²) >= 11 is 6.40. The van der Waals surface area contributed by atoms with Crippen molar-refractivity contribution in [3.63, 3.8) is 0 Å². The third-order valence-corrected chi connectivity index (χ3v) is 7.84. The molecule has 0 heterocycles. The summed E-state index contributed by atoms with van der Waals surface area (Å²) in [6.07, 6.45) is 9.68. The van der Waals surface area contributed by atoms with Crippen molar-refractivity contribution in [2.45, 2.75) is 76.3 Å². The van der Waals surface area contributed by atoms with Crippen LogP contribution >= 0.6 is 11.6 Å². The van der Waals surface area contributed by atoms with Crippen LogP contribution in [0.5, 0.6) is 0 Å². The van der Waals surface area contributed by atoms with Crippen LogP contribution in [0.3, 0.4) is 0 Å². The van der Waals surface area contributed by atoms with Crippen LogP contribution in [0.1, 0.15) is 86.2 Å². The largest absolute Gasteiger partial charge is 0.385 e. The van der Waals surface area contributed by atoms with Crippen molar-refractivity contribution < 1.29 is 14.3 Å². The number of carbonyl (C=O) groups is 2. The molecule has 0 bridgehead atoms. The highest BCUT2D eigenvalue weighted by molar-refractivity contribution is 6.30. The van der Waals surface area contributed by atoms with Gasteiger partial charge < -0.3 is 20.7 Å². The van der Waals surface area contributed by atoms with Crippen molar-refractivity contribution in [2.24, 2.45) is 5.92 Å². The maximum atomic E-state index is 13.5. The zero-order valence-electron chi connectivity index (χ0n) is 23.2. The highest BCUT2D eigenvalue weighted by Gasteiger charge is 2.35. The molecular weight excluding hydrogens is 498 g/mol. The summed E-state index contributed by atoms with van der Waals surface area (Å²) in [4.78, 5) is 26.0. The minimum absolute atomic E-state index is 0.0707. The van der Waals surface area contributed by atoms with E-state index in [4.69, 9.17) is 16.3 Å². The predicted octanol–water partition coefficient (Wildman–Crippen LogP) is 5.82. The summed E-state index contributed by atoms with van der Waals surface area (Å²) in [7, 11) is 3.62. The molecule has 1 unspecified atom stereocenters. The lowest BCUT2D eigenvalue weighted by Gasteiger charge is -2.36. The Morgan fingerprint density at radius 2 is 1.76 bits per heavy atom. The third kappa shape index (κ3) is 8.55. The number of nitrogens with one attached hydrogen (secondary N) is 3. The van der Waals surface area contributed by atoms with Crippen molar-refractivity contribution in [1.29, 1.82) is 0 Å². The first-order valence-electron chi connectivity index (χ1n) is 14.0. The molecule has 2 aromatic rings. The molecule has 6 nitrogen and oxygen atoms in total. The Morgan fingerprint density at radius 3 is 2.42 bits per heavy atom. The third-order valence-electron chi connectivity index (χ3n) is 7.60. The molecule has 1 aliphatic carbocycles. The van der Waals surface area contributed by atoms with Gasteiger partial charge in [-0.25, -0.2) is 0 Å². The van der Waals surface area contributed by atoms with E-state index in [-0.39, 0.29) is 17.9 Å². The monoisotopic (exact) mass is 541 g/mol. The van der Waals surface area contributed by atoms with Gasteiger partial charge in [0.25, 0.3) is 5.91 Å². The number of hydrogen-bond acceptors (Lipinski definition) is 4. The number of hydrogen-bond donors (Lipinski definition) is 3. The van der Waals surface area contributed by atoms with Crippen LogP contribution in [0, 0.1) is 5.92 Å². The molecule has 2 aromatic carbocycles. The van der Waals surface area contributed by atoms with Gasteiger partial charge in [0.1, 0.15) is 0 Å². The Balaban J connectivity index is 1.92. The molecule has 2 atom stereocenters. The molecule has 0 saturated heterocycles. The van der Waals surface area contributed by atoms with E-state index < -0.39 is 5.54 Å². The molecule has 0 radical (unpaired) electrons. The number of halogens is 1. The van der Waals surface area contributed by atoms with Gasteiger partial charge in [-0.3, -0.25) is 9.59 Å². The number of unbranched alkanes of at least 4 members (excludes halogenated alkanes) is 1. The topological polar surface area (TPSA) is 79.5 Å². The van der Waals surface area contributed by atoms with E-state index in [1.54, 1.807) is 7.11 Å². The molecule has 208 valence electrons. The van der Waals surface area contributed by atoms with Gasteiger partial charge in [0, 0.05) is 43.8 Å². The number of benzene rings is 2. The Bertz CT molecular complexity index is 1040. The van der Waals surface area contributed by atoms with E-state index >= 15 is 0 Å². The molecule has 0 aliphatic heterocycles. The molecule has 38 heavy (non-hydrogen) atoms. The maximum Gasteiger partial charge on any atom is 0.251 e. The summed E-state index contributed by atoms with van der Waals surface area (Å²) in [5.74, 6) is 0.425. The molecule has 1 aliphatic rings. The Morgan fingerprint density at radius 1 is 1.05 bits per heavy atom. The average Bonchev–Trinajstić information content (AvgIpc) is 2.91. The zero-order valence-corrected chi connectivity index (χ0v) is 23.9. The second-order valence-corrected chi connectivity index (χ2v) is 11.0. The van der Waals surface area contributed by atoms with Gasteiger partial charge in [-0.2, -0.15) is 0 Å². The fraction of sp³-hybridized carbons (Fsp3) is 0.548. The first kappa shape index (κ1) is 30.1. The van der Waals surface area contributed by atoms with Gasteiger partial charge >= 0.3 is 0 Å². The molecule has 1 fully saturated rings. The van der Waals surface area contributed by atoms with E-state index in [1.165, 1.54) is 39.0 Å². The van der Waals surface area contributed by atoms with Crippen molar-refractivity contribution in [1.82, 2.24) is 16.0 Å². The Kier molecular flexibility index (Phi) is 12.1.